The van der Waals surface area contributed by atoms with Gasteiger partial charge in [0.1, 0.15) is 11.9 Å². The molecule has 1 N–H and O–H groups in total. The summed E-state index contributed by atoms with van der Waals surface area (Å²) in [6.45, 7) is -1.00. The van der Waals surface area contributed by atoms with Crippen LogP contribution in [0.4, 0.5) is 18.9 Å². The Labute approximate surface area is 198 Å². The molecule has 9 nitrogen and oxygen atoms in total. The highest BCUT2D eigenvalue weighted by Gasteiger charge is 2.33. The number of nitrogens with zero attached hydrogens (tertiary/aromatic N) is 1. The molecule has 188 valence electrons. The third-order valence-corrected chi connectivity index (χ3v) is 7.27. The van der Waals surface area contributed by atoms with Crippen molar-refractivity contribution in [3.05, 3.63) is 53.6 Å². The minimum atomic E-state index is -4.65. The summed E-state index contributed by atoms with van der Waals surface area (Å²) in [5, 5.41) is 2.40. The molecular weight excluding hydrogens is 493 g/mol. The molecule has 2 heterocycles. The van der Waals surface area contributed by atoms with Gasteiger partial charge in [0.15, 0.2) is 6.61 Å². The van der Waals surface area contributed by atoms with Gasteiger partial charge in [-0.2, -0.15) is 17.5 Å². The maximum absolute atomic E-state index is 13.0. The van der Waals surface area contributed by atoms with Crippen molar-refractivity contribution in [2.75, 3.05) is 38.2 Å². The Morgan fingerprint density at radius 3 is 2.57 bits per heavy atom. The van der Waals surface area contributed by atoms with Crippen molar-refractivity contribution in [1.29, 1.82) is 0 Å². The third kappa shape index (κ3) is 5.74. The molecule has 1 saturated heterocycles. The molecule has 13 heteroatoms. The van der Waals surface area contributed by atoms with Gasteiger partial charge in [0.2, 0.25) is 15.9 Å². The lowest BCUT2D eigenvalue weighted by molar-refractivity contribution is -0.153. The van der Waals surface area contributed by atoms with Crippen LogP contribution in [0.15, 0.2) is 47.4 Å². The van der Waals surface area contributed by atoms with Crippen molar-refractivity contribution in [3.63, 3.8) is 0 Å². The lowest BCUT2D eigenvalue weighted by Crippen LogP contribution is -2.40. The summed E-state index contributed by atoms with van der Waals surface area (Å²) in [6, 6.07) is 9.72. The summed E-state index contributed by atoms with van der Waals surface area (Å²) in [5.74, 6) is -1.66. The predicted molar refractivity (Wildman–Crippen MR) is 115 cm³/mol. The maximum atomic E-state index is 13.0. The van der Waals surface area contributed by atoms with Crippen molar-refractivity contribution in [1.82, 2.24) is 4.31 Å². The van der Waals surface area contributed by atoms with E-state index in [2.05, 4.69) is 5.32 Å². The first-order chi connectivity index (χ1) is 16.5. The monoisotopic (exact) mass is 514 g/mol. The Morgan fingerprint density at radius 1 is 1.14 bits per heavy atom. The quantitative estimate of drug-likeness (QED) is 0.566. The Balaban J connectivity index is 1.57. The van der Waals surface area contributed by atoms with Gasteiger partial charge in [0, 0.05) is 18.7 Å². The van der Waals surface area contributed by atoms with Gasteiger partial charge in [0.25, 0.3) is 0 Å². The average Bonchev–Trinajstić information content (AvgIpc) is 3.13. The standard InChI is InChI=1S/C22H21F3N2O7S/c23-22(24,25)13-33-18-6-5-14(35(30,31)27-7-9-32-10-8-27)11-17(18)26-20(28)12-19-15-3-1-2-4-16(15)21(29)34-19/h1-6,11,19H,7-10,12-13H2,(H,26,28)/t19-/m1/s1. The van der Waals surface area contributed by atoms with Gasteiger partial charge >= 0.3 is 12.1 Å². The molecule has 1 fully saturated rings. The van der Waals surface area contributed by atoms with Crippen LogP contribution < -0.4 is 10.1 Å². The van der Waals surface area contributed by atoms with Crippen molar-refractivity contribution in [2.24, 2.45) is 0 Å². The second-order valence-corrected chi connectivity index (χ2v) is 9.75. The minimum absolute atomic E-state index is 0.114. The molecule has 0 spiro atoms. The SMILES string of the molecule is O=C(C[C@H]1OC(=O)c2ccccc21)Nc1cc(S(=O)(=O)N2CCOCC2)ccc1OCC(F)(F)F. The van der Waals surface area contributed by atoms with E-state index in [1.165, 1.54) is 4.31 Å². The summed E-state index contributed by atoms with van der Waals surface area (Å²) in [4.78, 5) is 24.5. The minimum Gasteiger partial charge on any atom is -0.482 e. The van der Waals surface area contributed by atoms with Crippen LogP contribution in [-0.2, 0) is 24.3 Å². The first-order valence-electron chi connectivity index (χ1n) is 10.6. The number of hydrogen-bond donors (Lipinski definition) is 1. The molecule has 2 aliphatic rings. The number of rotatable bonds is 7. The highest BCUT2D eigenvalue weighted by Crippen LogP contribution is 2.35. The number of morpholine rings is 1. The van der Waals surface area contributed by atoms with Gasteiger partial charge < -0.3 is 19.5 Å². The first kappa shape index (κ1) is 24.9. The van der Waals surface area contributed by atoms with Crippen molar-refractivity contribution in [2.45, 2.75) is 23.6 Å². The second-order valence-electron chi connectivity index (χ2n) is 7.81. The Morgan fingerprint density at radius 2 is 1.86 bits per heavy atom. The zero-order chi connectivity index (χ0) is 25.2. The van der Waals surface area contributed by atoms with Crippen molar-refractivity contribution in [3.8, 4) is 5.75 Å². The van der Waals surface area contributed by atoms with E-state index >= 15 is 0 Å². The first-order valence-corrected chi connectivity index (χ1v) is 12.0. The molecule has 0 saturated carbocycles. The number of nitrogens with one attached hydrogen (secondary N) is 1. The van der Waals surface area contributed by atoms with Crippen LogP contribution in [0.2, 0.25) is 0 Å². The summed E-state index contributed by atoms with van der Waals surface area (Å²) in [5.41, 5.74) is 0.564. The van der Waals surface area contributed by atoms with Crippen LogP contribution in [0.5, 0.6) is 5.75 Å². The van der Waals surface area contributed by atoms with Gasteiger partial charge in [-0.3, -0.25) is 4.79 Å². The molecule has 2 aromatic carbocycles. The molecular formula is C22H21F3N2O7S. The smallest absolute Gasteiger partial charge is 0.422 e. The van der Waals surface area contributed by atoms with E-state index < -0.39 is 40.8 Å². The van der Waals surface area contributed by atoms with E-state index in [0.717, 1.165) is 18.2 Å². The second kappa shape index (κ2) is 9.84. The van der Waals surface area contributed by atoms with Gasteiger partial charge in [0.05, 0.1) is 35.8 Å². The number of amides is 1. The summed E-state index contributed by atoms with van der Waals surface area (Å²) < 4.78 is 80.5. The number of anilines is 1. The molecule has 2 aliphatic heterocycles. The largest absolute Gasteiger partial charge is 0.482 e. The number of ether oxygens (including phenoxy) is 3. The Bertz CT molecular complexity index is 1230. The third-order valence-electron chi connectivity index (χ3n) is 5.37. The fourth-order valence-corrected chi connectivity index (χ4v) is 5.16. The highest BCUT2D eigenvalue weighted by atomic mass is 32.2. The van der Waals surface area contributed by atoms with Crippen LogP contribution in [0.3, 0.4) is 0 Å². The number of hydrogen-bond acceptors (Lipinski definition) is 7. The van der Waals surface area contributed by atoms with E-state index in [4.69, 9.17) is 14.2 Å². The number of fused-ring (bicyclic) bond motifs is 1. The predicted octanol–water partition coefficient (Wildman–Crippen LogP) is 2.89. The molecule has 35 heavy (non-hydrogen) atoms. The lowest BCUT2D eigenvalue weighted by Gasteiger charge is -2.26. The van der Waals surface area contributed by atoms with Crippen LogP contribution in [-0.4, -0.2) is 63.7 Å². The topological polar surface area (TPSA) is 111 Å². The van der Waals surface area contributed by atoms with E-state index in [1.54, 1.807) is 24.3 Å². The number of carbonyl (C=O) groups is 2. The molecule has 2 aromatic rings. The number of alkyl halides is 3. The summed E-state index contributed by atoms with van der Waals surface area (Å²) in [6.07, 6.45) is -5.87. The normalized spacial score (nSPS) is 18.6. The van der Waals surface area contributed by atoms with Gasteiger partial charge in [-0.25, -0.2) is 13.2 Å². The number of cyclic esters (lactones) is 1. The molecule has 0 radical (unpaired) electrons. The summed E-state index contributed by atoms with van der Waals surface area (Å²) in [7, 11) is -4.00. The Kier molecular flexibility index (Phi) is 7.01. The highest BCUT2D eigenvalue weighted by molar-refractivity contribution is 7.89. The molecule has 0 aliphatic carbocycles. The van der Waals surface area contributed by atoms with Crippen LogP contribution in [0, 0.1) is 0 Å². The zero-order valence-electron chi connectivity index (χ0n) is 18.2. The lowest BCUT2D eigenvalue weighted by atomic mass is 10.0. The summed E-state index contributed by atoms with van der Waals surface area (Å²) >= 11 is 0. The number of carbonyl (C=O) groups excluding carboxylic acids is 2. The van der Waals surface area contributed by atoms with Gasteiger partial charge in [-0.05, 0) is 24.3 Å². The zero-order valence-corrected chi connectivity index (χ0v) is 19.0. The molecule has 1 atom stereocenters. The van der Waals surface area contributed by atoms with Crippen molar-refractivity contribution >= 4 is 27.6 Å². The molecule has 4 rings (SSSR count). The average molecular weight is 514 g/mol. The van der Waals surface area contributed by atoms with E-state index in [-0.39, 0.29) is 49.1 Å². The van der Waals surface area contributed by atoms with Crippen LogP contribution >= 0.6 is 0 Å². The van der Waals surface area contributed by atoms with Crippen LogP contribution in [0.1, 0.15) is 28.4 Å². The number of halogens is 3. The number of benzene rings is 2. The van der Waals surface area contributed by atoms with E-state index in [0.29, 0.717) is 11.1 Å². The number of esters is 1. The Hall–Kier alpha value is -3.16. The van der Waals surface area contributed by atoms with Crippen molar-refractivity contribution < 1.29 is 45.4 Å². The molecule has 1 amide bonds. The molecule has 0 aromatic heterocycles. The number of sulfonamides is 1. The molecule has 0 unspecified atom stereocenters. The van der Waals surface area contributed by atoms with E-state index in [1.807, 2.05) is 0 Å². The fraction of sp³-hybridized carbons (Fsp3) is 0.364. The fourth-order valence-electron chi connectivity index (χ4n) is 3.73. The van der Waals surface area contributed by atoms with Crippen LogP contribution in [0.25, 0.3) is 0 Å². The van der Waals surface area contributed by atoms with Gasteiger partial charge in [-0.15, -0.1) is 0 Å². The van der Waals surface area contributed by atoms with E-state index in [9.17, 15) is 31.2 Å². The molecule has 0 bridgehead atoms. The maximum Gasteiger partial charge on any atom is 0.422 e. The van der Waals surface area contributed by atoms with Gasteiger partial charge in [-0.1, -0.05) is 18.2 Å².